The fourth-order valence-corrected chi connectivity index (χ4v) is 3.65. The number of carbonyl (C=O) groups is 1. The van der Waals surface area contributed by atoms with Gasteiger partial charge in [0.05, 0.1) is 17.8 Å². The van der Waals surface area contributed by atoms with Crippen molar-refractivity contribution in [2.24, 2.45) is 0 Å². The van der Waals surface area contributed by atoms with Crippen molar-refractivity contribution in [3.05, 3.63) is 77.8 Å². The summed E-state index contributed by atoms with van der Waals surface area (Å²) >= 11 is 7.30. The first-order valence-electron chi connectivity index (χ1n) is 8.63. The number of nitrogens with zero attached hydrogens (tertiary/aromatic N) is 2. The second-order valence-electron chi connectivity index (χ2n) is 6.03. The number of hydrogen-bond donors (Lipinski definition) is 1. The Labute approximate surface area is 171 Å². The van der Waals surface area contributed by atoms with E-state index in [2.05, 4.69) is 15.3 Å². The molecule has 0 aliphatic rings. The van der Waals surface area contributed by atoms with Crippen LogP contribution >= 0.6 is 23.4 Å². The first kappa shape index (κ1) is 18.5. The van der Waals surface area contributed by atoms with E-state index in [0.29, 0.717) is 17.3 Å². The number of rotatable bonds is 6. The Bertz CT molecular complexity index is 1110. The number of amides is 1. The summed E-state index contributed by atoms with van der Waals surface area (Å²) < 4.78 is 5.80. The van der Waals surface area contributed by atoms with Gasteiger partial charge in [0.15, 0.2) is 0 Å². The summed E-state index contributed by atoms with van der Waals surface area (Å²) in [6.07, 6.45) is 1.52. The number of thioether (sulfide) groups is 1. The molecule has 1 N–H and O–H groups in total. The van der Waals surface area contributed by atoms with Crippen molar-refractivity contribution >= 4 is 40.2 Å². The Hall–Kier alpha value is -2.83. The molecule has 4 rings (SSSR count). The summed E-state index contributed by atoms with van der Waals surface area (Å²) in [6.45, 7) is 0.331. The summed E-state index contributed by atoms with van der Waals surface area (Å²) in [5, 5.41) is 5.29. The van der Waals surface area contributed by atoms with E-state index in [1.165, 1.54) is 18.1 Å². The van der Waals surface area contributed by atoms with Crippen molar-refractivity contribution < 1.29 is 9.21 Å². The molecule has 0 saturated carbocycles. The predicted molar refractivity (Wildman–Crippen MR) is 111 cm³/mol. The number of benzene rings is 2. The van der Waals surface area contributed by atoms with Crippen molar-refractivity contribution in [1.29, 1.82) is 0 Å². The molecule has 28 heavy (non-hydrogen) atoms. The number of halogens is 1. The van der Waals surface area contributed by atoms with Gasteiger partial charge < -0.3 is 9.73 Å². The largest absolute Gasteiger partial charge is 0.459 e. The van der Waals surface area contributed by atoms with Crippen molar-refractivity contribution in [3.63, 3.8) is 0 Å². The number of hydrogen-bond acceptors (Lipinski definition) is 5. The van der Waals surface area contributed by atoms with Gasteiger partial charge in [0.25, 0.3) is 0 Å². The fraction of sp³-hybridized carbons (Fsp3) is 0.0952. The lowest BCUT2D eigenvalue weighted by molar-refractivity contribution is -0.118. The maximum atomic E-state index is 12.2. The van der Waals surface area contributed by atoms with Crippen molar-refractivity contribution in [2.45, 2.75) is 11.6 Å². The minimum Gasteiger partial charge on any atom is -0.459 e. The molecular weight excluding hydrogens is 394 g/mol. The van der Waals surface area contributed by atoms with Gasteiger partial charge in [0.2, 0.25) is 5.91 Å². The van der Waals surface area contributed by atoms with E-state index >= 15 is 0 Å². The van der Waals surface area contributed by atoms with Gasteiger partial charge in [-0.3, -0.25) is 4.79 Å². The highest BCUT2D eigenvalue weighted by molar-refractivity contribution is 8.00. The molecule has 2 aromatic carbocycles. The third-order valence-electron chi connectivity index (χ3n) is 4.10. The third kappa shape index (κ3) is 4.35. The molecule has 0 unspecified atom stereocenters. The van der Waals surface area contributed by atoms with Gasteiger partial charge in [-0.2, -0.15) is 0 Å². The molecule has 1 amide bonds. The molecule has 140 valence electrons. The highest BCUT2D eigenvalue weighted by Crippen LogP contribution is 2.25. The zero-order chi connectivity index (χ0) is 19.3. The molecule has 7 heteroatoms. The number of furan rings is 1. The average molecular weight is 410 g/mol. The number of para-hydroxylation sites is 1. The normalized spacial score (nSPS) is 10.9. The maximum absolute atomic E-state index is 12.2. The zero-order valence-corrected chi connectivity index (χ0v) is 16.3. The third-order valence-corrected chi connectivity index (χ3v) is 5.35. The molecule has 0 atom stereocenters. The van der Waals surface area contributed by atoms with Gasteiger partial charge in [-0.15, -0.1) is 0 Å². The Balaban J connectivity index is 1.33. The SMILES string of the molecule is O=C(CSc1ncnc2ccccc12)NCc1ccc(-c2ccc(Cl)cc2)o1. The van der Waals surface area contributed by atoms with Gasteiger partial charge in [-0.1, -0.05) is 41.6 Å². The Morgan fingerprint density at radius 1 is 1.04 bits per heavy atom. The van der Waals surface area contributed by atoms with Crippen LogP contribution in [-0.4, -0.2) is 21.6 Å². The van der Waals surface area contributed by atoms with Gasteiger partial charge >= 0.3 is 0 Å². The van der Waals surface area contributed by atoms with Crippen LogP contribution in [-0.2, 0) is 11.3 Å². The molecule has 4 aromatic rings. The van der Waals surface area contributed by atoms with Crippen LogP contribution in [0.25, 0.3) is 22.2 Å². The first-order chi connectivity index (χ1) is 13.7. The standard InChI is InChI=1S/C21H16ClN3O2S/c22-15-7-5-14(6-8-15)19-10-9-16(27-19)11-23-20(26)12-28-21-17-3-1-2-4-18(17)24-13-25-21/h1-10,13H,11-12H2,(H,23,26). The quantitative estimate of drug-likeness (QED) is 0.360. The average Bonchev–Trinajstić information content (AvgIpc) is 3.20. The number of fused-ring (bicyclic) bond motifs is 1. The second kappa shape index (κ2) is 8.46. The van der Waals surface area contributed by atoms with Crippen LogP contribution in [0.15, 0.2) is 76.4 Å². The van der Waals surface area contributed by atoms with E-state index in [1.54, 1.807) is 0 Å². The van der Waals surface area contributed by atoms with Crippen molar-refractivity contribution in [1.82, 2.24) is 15.3 Å². The molecule has 0 bridgehead atoms. The zero-order valence-electron chi connectivity index (χ0n) is 14.8. The van der Waals surface area contributed by atoms with Gasteiger partial charge in [0, 0.05) is 16.0 Å². The maximum Gasteiger partial charge on any atom is 0.230 e. The van der Waals surface area contributed by atoms with Gasteiger partial charge in [-0.05, 0) is 42.5 Å². The molecule has 0 aliphatic heterocycles. The molecule has 0 spiro atoms. The topological polar surface area (TPSA) is 68.0 Å². The lowest BCUT2D eigenvalue weighted by Crippen LogP contribution is -2.24. The van der Waals surface area contributed by atoms with E-state index in [4.69, 9.17) is 16.0 Å². The Kier molecular flexibility index (Phi) is 5.60. The molecule has 0 saturated heterocycles. The molecular formula is C21H16ClN3O2S. The summed E-state index contributed by atoms with van der Waals surface area (Å²) in [4.78, 5) is 20.7. The molecule has 0 aliphatic carbocycles. The smallest absolute Gasteiger partial charge is 0.230 e. The van der Waals surface area contributed by atoms with E-state index in [-0.39, 0.29) is 11.7 Å². The Morgan fingerprint density at radius 3 is 2.71 bits per heavy atom. The van der Waals surface area contributed by atoms with E-state index in [0.717, 1.165) is 27.3 Å². The number of nitrogens with one attached hydrogen (secondary N) is 1. The van der Waals surface area contributed by atoms with Crippen LogP contribution < -0.4 is 5.32 Å². The number of aromatic nitrogens is 2. The molecule has 0 fully saturated rings. The minimum atomic E-state index is -0.0860. The molecule has 2 heterocycles. The Morgan fingerprint density at radius 2 is 1.86 bits per heavy atom. The van der Waals surface area contributed by atoms with E-state index < -0.39 is 0 Å². The molecule has 2 aromatic heterocycles. The number of carbonyl (C=O) groups excluding carboxylic acids is 1. The van der Waals surface area contributed by atoms with Crippen LogP contribution in [0.2, 0.25) is 5.02 Å². The fourth-order valence-electron chi connectivity index (χ4n) is 2.71. The predicted octanol–water partition coefficient (Wildman–Crippen LogP) is 4.95. The summed E-state index contributed by atoms with van der Waals surface area (Å²) in [5.41, 5.74) is 1.80. The van der Waals surface area contributed by atoms with E-state index in [9.17, 15) is 4.79 Å². The summed E-state index contributed by atoms with van der Waals surface area (Å²) in [5.74, 6) is 1.61. The van der Waals surface area contributed by atoms with Crippen molar-refractivity contribution in [2.75, 3.05) is 5.75 Å². The molecule has 0 radical (unpaired) electrons. The van der Waals surface area contributed by atoms with Crippen molar-refractivity contribution in [3.8, 4) is 11.3 Å². The van der Waals surface area contributed by atoms with Gasteiger partial charge in [0.1, 0.15) is 22.9 Å². The lowest BCUT2D eigenvalue weighted by atomic mass is 10.2. The van der Waals surface area contributed by atoms with Crippen LogP contribution in [0, 0.1) is 0 Å². The van der Waals surface area contributed by atoms with Gasteiger partial charge in [-0.25, -0.2) is 9.97 Å². The van der Waals surface area contributed by atoms with Crippen LogP contribution in [0.4, 0.5) is 0 Å². The van der Waals surface area contributed by atoms with Crippen LogP contribution in [0.3, 0.4) is 0 Å². The van der Waals surface area contributed by atoms with Crippen LogP contribution in [0.1, 0.15) is 5.76 Å². The summed E-state index contributed by atoms with van der Waals surface area (Å²) in [7, 11) is 0. The monoisotopic (exact) mass is 409 g/mol. The van der Waals surface area contributed by atoms with Crippen LogP contribution in [0.5, 0.6) is 0 Å². The van der Waals surface area contributed by atoms with E-state index in [1.807, 2.05) is 60.7 Å². The lowest BCUT2D eigenvalue weighted by Gasteiger charge is -2.05. The summed E-state index contributed by atoms with van der Waals surface area (Å²) in [6, 6.07) is 18.9. The second-order valence-corrected chi connectivity index (χ2v) is 7.43. The highest BCUT2D eigenvalue weighted by Gasteiger charge is 2.09. The first-order valence-corrected chi connectivity index (χ1v) is 9.99. The minimum absolute atomic E-state index is 0.0860. The highest BCUT2D eigenvalue weighted by atomic mass is 35.5. The molecule has 5 nitrogen and oxygen atoms in total.